The highest BCUT2D eigenvalue weighted by Crippen LogP contribution is 2.51. The number of ether oxygens (including phenoxy) is 1. The van der Waals surface area contributed by atoms with Crippen LogP contribution in [0.15, 0.2) is 92.6 Å². The van der Waals surface area contributed by atoms with Crippen LogP contribution in [0, 0.1) is 0 Å². The number of hydrogen-bond acceptors (Lipinski definition) is 6. The molecule has 1 amide bonds. The Morgan fingerprint density at radius 3 is 2.22 bits per heavy atom. The molecule has 0 bridgehead atoms. The number of likely N-dealkylation sites (N-methyl/N-ethyl adjacent to an activating group) is 1. The first-order valence-corrected chi connectivity index (χ1v) is 13.5. The number of carbonyl (C=O) groups excluding carboxylic acids is 1. The molecule has 36 heavy (non-hydrogen) atoms. The minimum absolute atomic E-state index is 0.00406. The van der Waals surface area contributed by atoms with E-state index in [1.165, 1.54) is 11.8 Å². The molecule has 1 fully saturated rings. The number of methoxy groups -OCH3 is 1. The van der Waals surface area contributed by atoms with Gasteiger partial charge in [-0.3, -0.25) is 9.69 Å². The molecule has 5 rings (SSSR count). The van der Waals surface area contributed by atoms with Crippen molar-refractivity contribution < 1.29 is 9.53 Å². The van der Waals surface area contributed by atoms with E-state index in [2.05, 4.69) is 42.2 Å². The van der Waals surface area contributed by atoms with Gasteiger partial charge in [-0.2, -0.15) is 0 Å². The topological polar surface area (TPSA) is 45.1 Å². The van der Waals surface area contributed by atoms with E-state index in [1.54, 1.807) is 23.8 Å². The van der Waals surface area contributed by atoms with Crippen molar-refractivity contribution in [1.29, 1.82) is 0 Å². The fourth-order valence-corrected chi connectivity index (χ4v) is 6.53. The molecule has 3 aromatic carbocycles. The molecule has 2 heterocycles. The molecule has 0 N–H and O–H groups in total. The van der Waals surface area contributed by atoms with Gasteiger partial charge >= 0.3 is 0 Å². The molecular weight excluding hydrogens is 486 g/mol. The Balaban J connectivity index is 1.40. The van der Waals surface area contributed by atoms with Crippen LogP contribution in [-0.2, 0) is 4.79 Å². The number of fused-ring (bicyclic) bond motifs is 1. The maximum Gasteiger partial charge on any atom is 0.269 e. The number of rotatable bonds is 6. The summed E-state index contributed by atoms with van der Waals surface area (Å²) in [6, 6.07) is 24.4. The summed E-state index contributed by atoms with van der Waals surface area (Å²) < 4.78 is 5.42. The van der Waals surface area contributed by atoms with Crippen LogP contribution in [0.5, 0.6) is 5.75 Å². The lowest BCUT2D eigenvalue weighted by Gasteiger charge is -2.19. The third-order valence-electron chi connectivity index (χ3n) is 5.98. The molecule has 7 heteroatoms. The Hall–Kier alpha value is -3.42. The average molecular weight is 514 g/mol. The maximum absolute atomic E-state index is 13.4. The molecular formula is C29H27N3O2S2. The lowest BCUT2D eigenvalue weighted by atomic mass is 10.1. The predicted octanol–water partition coefficient (Wildman–Crippen LogP) is 7.25. The van der Waals surface area contributed by atoms with Crippen LogP contribution in [-0.4, -0.2) is 36.2 Å². The first kappa shape index (κ1) is 24.3. The van der Waals surface area contributed by atoms with E-state index in [0.29, 0.717) is 11.7 Å². The van der Waals surface area contributed by atoms with Gasteiger partial charge < -0.3 is 9.64 Å². The van der Waals surface area contributed by atoms with Crippen LogP contribution >= 0.6 is 23.5 Å². The van der Waals surface area contributed by atoms with E-state index in [-0.39, 0.29) is 5.91 Å². The van der Waals surface area contributed by atoms with Crippen LogP contribution in [0.4, 0.5) is 11.4 Å². The molecule has 2 aliphatic rings. The van der Waals surface area contributed by atoms with Gasteiger partial charge in [-0.15, -0.1) is 0 Å². The molecule has 0 radical (unpaired) electrons. The second kappa shape index (κ2) is 10.7. The predicted molar refractivity (Wildman–Crippen MR) is 153 cm³/mol. The third-order valence-corrected chi connectivity index (χ3v) is 8.36. The number of anilines is 1. The molecule has 0 saturated carbocycles. The zero-order valence-electron chi connectivity index (χ0n) is 20.5. The molecule has 3 aromatic rings. The highest BCUT2D eigenvalue weighted by molar-refractivity contribution is 8.19. The first-order valence-electron chi connectivity index (χ1n) is 11.9. The molecule has 182 valence electrons. The Labute approximate surface area is 220 Å². The molecule has 5 nitrogen and oxygen atoms in total. The van der Waals surface area contributed by atoms with Gasteiger partial charge in [0, 0.05) is 24.1 Å². The zero-order valence-corrected chi connectivity index (χ0v) is 22.1. The smallest absolute Gasteiger partial charge is 0.269 e. The van der Waals surface area contributed by atoms with Crippen molar-refractivity contribution >= 4 is 58.1 Å². The van der Waals surface area contributed by atoms with Gasteiger partial charge in [-0.25, -0.2) is 4.99 Å². The molecule has 0 unspecified atom stereocenters. The van der Waals surface area contributed by atoms with Gasteiger partial charge in [-0.05, 0) is 61.0 Å². The van der Waals surface area contributed by atoms with Gasteiger partial charge in [0.2, 0.25) is 0 Å². The number of hydrogen-bond donors (Lipinski definition) is 0. The minimum atomic E-state index is 0.00406. The standard InChI is InChI=1S/C29H27N3O2S2/c1-4-31-24-19-23(34-3)17-18-25(24)35-28(31)26-27(33)32(5-2)29(36-26)30-22-15-13-21(14-16-22)12-11-20-9-7-6-8-10-20/h6-19H,4-5H2,1-3H3/b12-11+,28-26-,30-29?. The van der Waals surface area contributed by atoms with E-state index in [0.717, 1.165) is 49.6 Å². The van der Waals surface area contributed by atoms with E-state index in [1.807, 2.05) is 61.5 Å². The number of carbonyl (C=O) groups is 1. The second-order valence-electron chi connectivity index (χ2n) is 8.20. The summed E-state index contributed by atoms with van der Waals surface area (Å²) >= 11 is 3.09. The Bertz CT molecular complexity index is 1370. The normalized spacial score (nSPS) is 18.5. The summed E-state index contributed by atoms with van der Waals surface area (Å²) in [5.41, 5.74) is 4.16. The van der Waals surface area contributed by atoms with Gasteiger partial charge in [0.15, 0.2) is 5.17 Å². The Morgan fingerprint density at radius 1 is 0.861 bits per heavy atom. The number of amides is 1. The van der Waals surface area contributed by atoms with Gasteiger partial charge in [-0.1, -0.05) is 66.4 Å². The van der Waals surface area contributed by atoms with Crippen LogP contribution in [0.3, 0.4) is 0 Å². The molecule has 0 aliphatic carbocycles. The van der Waals surface area contributed by atoms with Crippen LogP contribution in [0.1, 0.15) is 25.0 Å². The van der Waals surface area contributed by atoms with Crippen molar-refractivity contribution in [2.24, 2.45) is 4.99 Å². The number of nitrogens with zero attached hydrogens (tertiary/aromatic N) is 3. The van der Waals surface area contributed by atoms with Gasteiger partial charge in [0.1, 0.15) is 15.7 Å². The number of benzene rings is 3. The maximum atomic E-state index is 13.4. The van der Waals surface area contributed by atoms with E-state index < -0.39 is 0 Å². The quantitative estimate of drug-likeness (QED) is 0.257. The highest BCUT2D eigenvalue weighted by Gasteiger charge is 2.39. The van der Waals surface area contributed by atoms with Crippen LogP contribution in [0.25, 0.3) is 12.2 Å². The van der Waals surface area contributed by atoms with E-state index >= 15 is 0 Å². The number of thioether (sulfide) groups is 2. The lowest BCUT2D eigenvalue weighted by molar-refractivity contribution is -0.122. The van der Waals surface area contributed by atoms with Crippen molar-refractivity contribution in [2.45, 2.75) is 18.7 Å². The highest BCUT2D eigenvalue weighted by atomic mass is 32.2. The summed E-state index contributed by atoms with van der Waals surface area (Å²) in [7, 11) is 1.67. The molecule has 0 spiro atoms. The minimum Gasteiger partial charge on any atom is -0.497 e. The number of amidine groups is 1. The van der Waals surface area contributed by atoms with Crippen molar-refractivity contribution in [3.63, 3.8) is 0 Å². The fraction of sp³-hybridized carbons (Fsp3) is 0.172. The van der Waals surface area contributed by atoms with Crippen LogP contribution in [0.2, 0.25) is 0 Å². The summed E-state index contributed by atoms with van der Waals surface area (Å²) in [5, 5.41) is 1.67. The van der Waals surface area contributed by atoms with Gasteiger partial charge in [0.05, 0.1) is 18.5 Å². The monoisotopic (exact) mass is 513 g/mol. The van der Waals surface area contributed by atoms with Crippen molar-refractivity contribution in [1.82, 2.24) is 4.90 Å². The molecule has 2 aliphatic heterocycles. The zero-order chi connectivity index (χ0) is 25.1. The second-order valence-corrected chi connectivity index (χ2v) is 10.2. The lowest BCUT2D eigenvalue weighted by Crippen LogP contribution is -2.29. The molecule has 1 saturated heterocycles. The molecule has 0 aromatic heterocycles. The van der Waals surface area contributed by atoms with Crippen LogP contribution < -0.4 is 9.64 Å². The Kier molecular flexibility index (Phi) is 7.20. The van der Waals surface area contributed by atoms with E-state index in [4.69, 9.17) is 9.73 Å². The summed E-state index contributed by atoms with van der Waals surface area (Å²) in [4.78, 5) is 24.1. The van der Waals surface area contributed by atoms with Crippen molar-refractivity contribution in [2.75, 3.05) is 25.1 Å². The van der Waals surface area contributed by atoms with Gasteiger partial charge in [0.25, 0.3) is 5.91 Å². The van der Waals surface area contributed by atoms with Crippen molar-refractivity contribution in [3.05, 3.63) is 93.9 Å². The summed E-state index contributed by atoms with van der Waals surface area (Å²) in [6.45, 7) is 5.41. The number of aliphatic imine (C=N–C) groups is 1. The van der Waals surface area contributed by atoms with Crippen molar-refractivity contribution in [3.8, 4) is 5.75 Å². The first-order chi connectivity index (χ1) is 17.6. The fourth-order valence-electron chi connectivity index (χ4n) is 4.10. The SMILES string of the molecule is CCN1C(=O)/C(=C2/Sc3ccc(OC)cc3N2CC)SC1=Nc1ccc(/C=C/c2ccccc2)cc1. The molecule has 0 atom stereocenters. The van der Waals surface area contributed by atoms with E-state index in [9.17, 15) is 4.79 Å². The largest absolute Gasteiger partial charge is 0.497 e. The third kappa shape index (κ3) is 4.81. The Morgan fingerprint density at radius 2 is 1.56 bits per heavy atom. The summed E-state index contributed by atoms with van der Waals surface area (Å²) in [5.74, 6) is 0.813. The average Bonchev–Trinajstić information content (AvgIpc) is 3.44. The summed E-state index contributed by atoms with van der Waals surface area (Å²) in [6.07, 6.45) is 4.18.